The maximum absolute atomic E-state index is 3.55. The molecule has 0 radical (unpaired) electrons. The van der Waals surface area contributed by atoms with Crippen LogP contribution in [0.25, 0.3) is 0 Å². The molecule has 1 rings (SSSR count). The summed E-state index contributed by atoms with van der Waals surface area (Å²) in [4.78, 5) is 1.39. The third-order valence-corrected chi connectivity index (χ3v) is 4.32. The minimum absolute atomic E-state index is 0.529. The van der Waals surface area contributed by atoms with E-state index < -0.39 is 0 Å². The SMILES string of the molecule is CC(C)CSc1cc(Br)ccc1CNC(C)C. The van der Waals surface area contributed by atoms with Gasteiger partial charge in [0.15, 0.2) is 0 Å². The Labute approximate surface area is 118 Å². The Morgan fingerprint density at radius 3 is 2.53 bits per heavy atom. The minimum atomic E-state index is 0.529. The van der Waals surface area contributed by atoms with Crippen molar-refractivity contribution in [3.63, 3.8) is 0 Å². The molecule has 0 spiro atoms. The standard InChI is InChI=1S/C14H22BrNS/c1-10(2)9-17-14-7-13(15)6-5-12(14)8-16-11(3)4/h5-7,10-11,16H,8-9H2,1-4H3. The van der Waals surface area contributed by atoms with Crippen molar-refractivity contribution >= 4 is 27.7 Å². The van der Waals surface area contributed by atoms with E-state index in [0.29, 0.717) is 6.04 Å². The van der Waals surface area contributed by atoms with Crippen LogP contribution in [0.2, 0.25) is 0 Å². The first-order valence-corrected chi connectivity index (χ1v) is 7.91. The number of nitrogens with one attached hydrogen (secondary N) is 1. The molecule has 1 aromatic rings. The van der Waals surface area contributed by atoms with Crippen molar-refractivity contribution in [3.05, 3.63) is 28.2 Å². The molecule has 96 valence electrons. The Balaban J connectivity index is 2.72. The average Bonchev–Trinajstić information content (AvgIpc) is 2.24. The van der Waals surface area contributed by atoms with Gasteiger partial charge < -0.3 is 5.32 Å². The van der Waals surface area contributed by atoms with Gasteiger partial charge in [0.25, 0.3) is 0 Å². The lowest BCUT2D eigenvalue weighted by Gasteiger charge is -2.13. The summed E-state index contributed by atoms with van der Waals surface area (Å²) in [5.41, 5.74) is 1.40. The molecule has 0 fully saturated rings. The van der Waals surface area contributed by atoms with Crippen molar-refractivity contribution in [1.29, 1.82) is 0 Å². The number of benzene rings is 1. The van der Waals surface area contributed by atoms with Gasteiger partial charge in [-0.25, -0.2) is 0 Å². The van der Waals surface area contributed by atoms with E-state index in [2.05, 4.69) is 67.1 Å². The van der Waals surface area contributed by atoms with Gasteiger partial charge in [-0.1, -0.05) is 49.7 Å². The number of hydrogen-bond acceptors (Lipinski definition) is 2. The van der Waals surface area contributed by atoms with Crippen molar-refractivity contribution in [3.8, 4) is 0 Å². The van der Waals surface area contributed by atoms with Crippen LogP contribution in [0.15, 0.2) is 27.6 Å². The Morgan fingerprint density at radius 1 is 1.24 bits per heavy atom. The molecule has 0 amide bonds. The zero-order valence-corrected chi connectivity index (χ0v) is 13.5. The molecule has 1 N–H and O–H groups in total. The number of thioether (sulfide) groups is 1. The largest absolute Gasteiger partial charge is 0.310 e. The molecule has 0 aliphatic rings. The first-order chi connectivity index (χ1) is 7.99. The highest BCUT2D eigenvalue weighted by Gasteiger charge is 2.06. The maximum Gasteiger partial charge on any atom is 0.0218 e. The van der Waals surface area contributed by atoms with E-state index in [9.17, 15) is 0 Å². The summed E-state index contributed by atoms with van der Waals surface area (Å²) in [6.07, 6.45) is 0. The molecule has 0 bridgehead atoms. The fraction of sp³-hybridized carbons (Fsp3) is 0.571. The normalized spacial score (nSPS) is 11.5. The van der Waals surface area contributed by atoms with Crippen molar-refractivity contribution in [2.45, 2.75) is 45.2 Å². The van der Waals surface area contributed by atoms with Gasteiger partial charge in [0.05, 0.1) is 0 Å². The molecule has 1 nitrogen and oxygen atoms in total. The van der Waals surface area contributed by atoms with Gasteiger partial charge in [0.2, 0.25) is 0 Å². The van der Waals surface area contributed by atoms with E-state index in [-0.39, 0.29) is 0 Å². The lowest BCUT2D eigenvalue weighted by molar-refractivity contribution is 0.584. The van der Waals surface area contributed by atoms with Crippen LogP contribution in [0.1, 0.15) is 33.3 Å². The van der Waals surface area contributed by atoms with E-state index in [1.165, 1.54) is 16.2 Å². The zero-order valence-electron chi connectivity index (χ0n) is 11.1. The van der Waals surface area contributed by atoms with Gasteiger partial charge in [-0.15, -0.1) is 11.8 Å². The number of rotatable bonds is 6. The van der Waals surface area contributed by atoms with Crippen molar-refractivity contribution < 1.29 is 0 Å². The van der Waals surface area contributed by atoms with Crippen LogP contribution in [0, 0.1) is 5.92 Å². The predicted octanol–water partition coefficient (Wildman–Crippen LogP) is 4.70. The van der Waals surface area contributed by atoms with Crippen molar-refractivity contribution in [2.75, 3.05) is 5.75 Å². The van der Waals surface area contributed by atoms with Crippen LogP contribution >= 0.6 is 27.7 Å². The molecule has 0 aliphatic heterocycles. The molecule has 0 atom stereocenters. The number of halogens is 1. The Hall–Kier alpha value is 0.01000. The zero-order chi connectivity index (χ0) is 12.8. The first-order valence-electron chi connectivity index (χ1n) is 6.13. The smallest absolute Gasteiger partial charge is 0.0218 e. The second kappa shape index (κ2) is 7.45. The lowest BCUT2D eigenvalue weighted by Crippen LogP contribution is -2.22. The van der Waals surface area contributed by atoms with E-state index in [1.807, 2.05) is 11.8 Å². The first kappa shape index (κ1) is 15.1. The van der Waals surface area contributed by atoms with Crippen molar-refractivity contribution in [1.82, 2.24) is 5.32 Å². The van der Waals surface area contributed by atoms with E-state index in [4.69, 9.17) is 0 Å². The Morgan fingerprint density at radius 2 is 1.94 bits per heavy atom. The monoisotopic (exact) mass is 315 g/mol. The van der Waals surface area contributed by atoms with Crippen LogP contribution in [0.3, 0.4) is 0 Å². The van der Waals surface area contributed by atoms with Gasteiger partial charge in [-0.05, 0) is 23.6 Å². The van der Waals surface area contributed by atoms with Crippen LogP contribution in [0.5, 0.6) is 0 Å². The van der Waals surface area contributed by atoms with Crippen molar-refractivity contribution in [2.24, 2.45) is 5.92 Å². The summed E-state index contributed by atoms with van der Waals surface area (Å²) < 4.78 is 1.16. The van der Waals surface area contributed by atoms with Crippen LogP contribution in [-0.2, 0) is 6.54 Å². The van der Waals surface area contributed by atoms with Crippen LogP contribution < -0.4 is 5.32 Å². The molecular formula is C14H22BrNS. The molecule has 0 aliphatic carbocycles. The van der Waals surface area contributed by atoms with Gasteiger partial charge in [0.1, 0.15) is 0 Å². The summed E-state index contributed by atoms with van der Waals surface area (Å²) in [6.45, 7) is 9.83. The molecule has 0 heterocycles. The maximum atomic E-state index is 3.55. The fourth-order valence-electron chi connectivity index (χ4n) is 1.38. The lowest BCUT2D eigenvalue weighted by atomic mass is 10.2. The quantitative estimate of drug-likeness (QED) is 0.764. The minimum Gasteiger partial charge on any atom is -0.310 e. The highest BCUT2D eigenvalue weighted by atomic mass is 79.9. The second-order valence-corrected chi connectivity index (χ2v) is 6.97. The summed E-state index contributed by atoms with van der Waals surface area (Å²) in [7, 11) is 0. The van der Waals surface area contributed by atoms with Crippen LogP contribution in [0.4, 0.5) is 0 Å². The molecule has 0 saturated heterocycles. The van der Waals surface area contributed by atoms with E-state index >= 15 is 0 Å². The van der Waals surface area contributed by atoms with Gasteiger partial charge in [0, 0.05) is 27.7 Å². The molecule has 3 heteroatoms. The molecule has 0 saturated carbocycles. The third kappa shape index (κ3) is 5.94. The van der Waals surface area contributed by atoms with Gasteiger partial charge in [-0.3, -0.25) is 0 Å². The molecular weight excluding hydrogens is 294 g/mol. The summed E-state index contributed by atoms with van der Waals surface area (Å²) in [6, 6.07) is 7.09. The van der Waals surface area contributed by atoms with Gasteiger partial charge in [-0.2, -0.15) is 0 Å². The predicted molar refractivity (Wildman–Crippen MR) is 81.7 cm³/mol. The summed E-state index contributed by atoms with van der Waals surface area (Å²) >= 11 is 5.50. The summed E-state index contributed by atoms with van der Waals surface area (Å²) in [5.74, 6) is 1.90. The topological polar surface area (TPSA) is 12.0 Å². The van der Waals surface area contributed by atoms with Gasteiger partial charge >= 0.3 is 0 Å². The Bertz CT molecular complexity index is 350. The second-order valence-electron chi connectivity index (χ2n) is 4.99. The molecule has 0 unspecified atom stereocenters. The summed E-state index contributed by atoms with van der Waals surface area (Å²) in [5, 5.41) is 3.48. The van der Waals surface area contributed by atoms with E-state index in [0.717, 1.165) is 16.9 Å². The molecule has 0 aromatic heterocycles. The third-order valence-electron chi connectivity index (χ3n) is 2.30. The molecule has 1 aromatic carbocycles. The molecule has 17 heavy (non-hydrogen) atoms. The average molecular weight is 316 g/mol. The fourth-order valence-corrected chi connectivity index (χ4v) is 2.94. The van der Waals surface area contributed by atoms with Crippen LogP contribution in [-0.4, -0.2) is 11.8 Å². The highest BCUT2D eigenvalue weighted by molar-refractivity contribution is 9.10. The Kier molecular flexibility index (Phi) is 6.60. The van der Waals surface area contributed by atoms with E-state index in [1.54, 1.807) is 0 Å². The highest BCUT2D eigenvalue weighted by Crippen LogP contribution is 2.28. The number of hydrogen-bond donors (Lipinski definition) is 1.